The number of hydrogen-bond acceptors (Lipinski definition) is 5. The van der Waals surface area contributed by atoms with Crippen LogP contribution in [0.1, 0.15) is 25.6 Å². The molecule has 3 rings (SSSR count). The summed E-state index contributed by atoms with van der Waals surface area (Å²) in [5, 5.41) is 10.4. The van der Waals surface area contributed by atoms with Crippen LogP contribution in [0.2, 0.25) is 0 Å². The molecule has 0 aliphatic carbocycles. The number of carbonyl (C=O) groups excluding carboxylic acids is 2. The Bertz CT molecular complexity index is 848. The Hall–Kier alpha value is -3.02. The summed E-state index contributed by atoms with van der Waals surface area (Å²) >= 11 is 0. The minimum absolute atomic E-state index is 0.0802. The van der Waals surface area contributed by atoms with E-state index in [0.717, 1.165) is 5.69 Å². The second-order valence-corrected chi connectivity index (χ2v) is 6.79. The molecule has 1 atom stereocenters. The Morgan fingerprint density at radius 2 is 1.85 bits per heavy atom. The van der Waals surface area contributed by atoms with Gasteiger partial charge in [0, 0.05) is 31.4 Å². The van der Waals surface area contributed by atoms with Gasteiger partial charge in [0.1, 0.15) is 11.8 Å². The maximum absolute atomic E-state index is 12.8. The molecule has 0 bridgehead atoms. The SMILES string of the molecule is CC(C)C(=O)C1=C(O)C(=O)N(c2ccc(N(C)C)cc2)C1c1ccco1. The molecule has 1 aliphatic rings. The summed E-state index contributed by atoms with van der Waals surface area (Å²) in [4.78, 5) is 28.8. The van der Waals surface area contributed by atoms with Gasteiger partial charge in [0.2, 0.25) is 0 Å². The molecule has 1 aromatic carbocycles. The van der Waals surface area contributed by atoms with Crippen molar-refractivity contribution in [3.8, 4) is 0 Å². The molecule has 1 amide bonds. The molecule has 0 fully saturated rings. The molecule has 136 valence electrons. The lowest BCUT2D eigenvalue weighted by Gasteiger charge is -2.26. The summed E-state index contributed by atoms with van der Waals surface area (Å²) in [6, 6.07) is 9.95. The molecule has 1 N–H and O–H groups in total. The number of carbonyl (C=O) groups is 2. The van der Waals surface area contributed by atoms with E-state index in [2.05, 4.69) is 0 Å². The minimum atomic E-state index is -0.780. The molecule has 1 aliphatic heterocycles. The molecule has 0 saturated carbocycles. The van der Waals surface area contributed by atoms with Crippen LogP contribution >= 0.6 is 0 Å². The number of aliphatic hydroxyl groups is 1. The Kier molecular flexibility index (Phi) is 4.59. The van der Waals surface area contributed by atoms with Gasteiger partial charge in [0.25, 0.3) is 5.91 Å². The highest BCUT2D eigenvalue weighted by Gasteiger charge is 2.46. The lowest BCUT2D eigenvalue weighted by atomic mass is 9.94. The van der Waals surface area contributed by atoms with Gasteiger partial charge in [0.15, 0.2) is 11.5 Å². The minimum Gasteiger partial charge on any atom is -0.503 e. The maximum atomic E-state index is 12.8. The number of anilines is 2. The van der Waals surface area contributed by atoms with Crippen molar-refractivity contribution in [2.75, 3.05) is 23.9 Å². The normalized spacial score (nSPS) is 17.3. The van der Waals surface area contributed by atoms with Crippen molar-refractivity contribution >= 4 is 23.1 Å². The molecular formula is C20H22N2O4. The monoisotopic (exact) mass is 354 g/mol. The van der Waals surface area contributed by atoms with Crippen molar-refractivity contribution in [2.45, 2.75) is 19.9 Å². The van der Waals surface area contributed by atoms with E-state index in [9.17, 15) is 14.7 Å². The van der Waals surface area contributed by atoms with Crippen molar-refractivity contribution in [3.63, 3.8) is 0 Å². The number of furan rings is 1. The molecule has 1 unspecified atom stereocenters. The van der Waals surface area contributed by atoms with Gasteiger partial charge in [-0.25, -0.2) is 0 Å². The van der Waals surface area contributed by atoms with Crippen molar-refractivity contribution in [2.24, 2.45) is 5.92 Å². The van der Waals surface area contributed by atoms with Crippen LogP contribution in [0.5, 0.6) is 0 Å². The highest BCUT2D eigenvalue weighted by molar-refractivity contribution is 6.16. The number of aliphatic hydroxyl groups excluding tert-OH is 1. The van der Waals surface area contributed by atoms with E-state index >= 15 is 0 Å². The average molecular weight is 354 g/mol. The number of rotatable bonds is 5. The Morgan fingerprint density at radius 1 is 1.19 bits per heavy atom. The largest absolute Gasteiger partial charge is 0.503 e. The van der Waals surface area contributed by atoms with E-state index in [1.165, 1.54) is 11.2 Å². The van der Waals surface area contributed by atoms with Crippen LogP contribution in [-0.4, -0.2) is 30.9 Å². The fourth-order valence-electron chi connectivity index (χ4n) is 3.06. The first-order chi connectivity index (χ1) is 12.3. The molecule has 2 heterocycles. The van der Waals surface area contributed by atoms with E-state index in [4.69, 9.17) is 4.42 Å². The van der Waals surface area contributed by atoms with Gasteiger partial charge in [-0.05, 0) is 36.4 Å². The lowest BCUT2D eigenvalue weighted by molar-refractivity contribution is -0.119. The molecule has 6 nitrogen and oxygen atoms in total. The smallest absolute Gasteiger partial charge is 0.294 e. The molecule has 0 radical (unpaired) electrons. The maximum Gasteiger partial charge on any atom is 0.294 e. The van der Waals surface area contributed by atoms with Gasteiger partial charge in [-0.1, -0.05) is 13.8 Å². The van der Waals surface area contributed by atoms with Crippen LogP contribution in [0, 0.1) is 5.92 Å². The molecular weight excluding hydrogens is 332 g/mol. The van der Waals surface area contributed by atoms with Crippen LogP contribution < -0.4 is 9.80 Å². The Balaban J connectivity index is 2.10. The fraction of sp³-hybridized carbons (Fsp3) is 0.300. The third-order valence-corrected chi connectivity index (χ3v) is 4.45. The van der Waals surface area contributed by atoms with Crippen LogP contribution in [0.4, 0.5) is 11.4 Å². The summed E-state index contributed by atoms with van der Waals surface area (Å²) in [5.41, 5.74) is 1.64. The zero-order valence-corrected chi connectivity index (χ0v) is 15.3. The third kappa shape index (κ3) is 2.87. The van der Waals surface area contributed by atoms with Crippen LogP contribution in [0.3, 0.4) is 0 Å². The number of ketones is 1. The van der Waals surface area contributed by atoms with Crippen molar-refractivity contribution in [1.82, 2.24) is 0 Å². The number of Topliss-reactive ketones (excluding diaryl/α,β-unsaturated/α-hetero) is 1. The second kappa shape index (κ2) is 6.71. The number of benzene rings is 1. The predicted molar refractivity (Wildman–Crippen MR) is 99.2 cm³/mol. The van der Waals surface area contributed by atoms with Crippen molar-refractivity contribution in [3.05, 3.63) is 59.8 Å². The van der Waals surface area contributed by atoms with Gasteiger partial charge in [-0.3, -0.25) is 14.5 Å². The first-order valence-electron chi connectivity index (χ1n) is 8.44. The zero-order valence-electron chi connectivity index (χ0n) is 15.3. The van der Waals surface area contributed by atoms with E-state index in [0.29, 0.717) is 11.4 Å². The van der Waals surface area contributed by atoms with E-state index in [1.54, 1.807) is 38.1 Å². The lowest BCUT2D eigenvalue weighted by Crippen LogP contribution is -2.31. The molecule has 2 aromatic rings. The quantitative estimate of drug-likeness (QED) is 0.890. The first kappa shape index (κ1) is 17.8. The topological polar surface area (TPSA) is 74.0 Å². The number of hydrogen-bond donors (Lipinski definition) is 1. The van der Waals surface area contributed by atoms with E-state index in [1.807, 2.05) is 31.1 Å². The molecule has 1 aromatic heterocycles. The average Bonchev–Trinajstić information content (AvgIpc) is 3.22. The summed E-state index contributed by atoms with van der Waals surface area (Å²) in [5.74, 6) is -1.31. The van der Waals surface area contributed by atoms with E-state index < -0.39 is 17.7 Å². The molecule has 0 saturated heterocycles. The van der Waals surface area contributed by atoms with Gasteiger partial charge < -0.3 is 14.4 Å². The van der Waals surface area contributed by atoms with Gasteiger partial charge in [-0.15, -0.1) is 0 Å². The van der Waals surface area contributed by atoms with E-state index in [-0.39, 0.29) is 17.3 Å². The summed E-state index contributed by atoms with van der Waals surface area (Å²) in [7, 11) is 3.85. The Labute approximate surface area is 152 Å². The molecule has 26 heavy (non-hydrogen) atoms. The van der Waals surface area contributed by atoms with Crippen LogP contribution in [-0.2, 0) is 9.59 Å². The van der Waals surface area contributed by atoms with Crippen LogP contribution in [0.25, 0.3) is 0 Å². The number of amides is 1. The molecule has 6 heteroatoms. The van der Waals surface area contributed by atoms with Crippen molar-refractivity contribution in [1.29, 1.82) is 0 Å². The summed E-state index contributed by atoms with van der Waals surface area (Å²) in [6.45, 7) is 3.47. The van der Waals surface area contributed by atoms with Gasteiger partial charge >= 0.3 is 0 Å². The van der Waals surface area contributed by atoms with Crippen LogP contribution in [0.15, 0.2) is 58.4 Å². The molecule has 0 spiro atoms. The Morgan fingerprint density at radius 3 is 2.35 bits per heavy atom. The standard InChI is InChI=1S/C20H22N2O4/c1-12(2)18(23)16-17(15-6-5-11-26-15)22(20(25)19(16)24)14-9-7-13(8-10-14)21(3)4/h5-12,17,24H,1-4H3. The second-order valence-electron chi connectivity index (χ2n) is 6.79. The first-order valence-corrected chi connectivity index (χ1v) is 8.44. The highest BCUT2D eigenvalue weighted by atomic mass is 16.3. The third-order valence-electron chi connectivity index (χ3n) is 4.45. The highest BCUT2D eigenvalue weighted by Crippen LogP contribution is 2.42. The number of nitrogens with zero attached hydrogens (tertiary/aromatic N) is 2. The summed E-state index contributed by atoms with van der Waals surface area (Å²) in [6.07, 6.45) is 1.49. The summed E-state index contributed by atoms with van der Waals surface area (Å²) < 4.78 is 5.49. The fourth-order valence-corrected chi connectivity index (χ4v) is 3.06. The van der Waals surface area contributed by atoms with Gasteiger partial charge in [-0.2, -0.15) is 0 Å². The predicted octanol–water partition coefficient (Wildman–Crippen LogP) is 3.47. The zero-order chi connectivity index (χ0) is 19.0. The van der Waals surface area contributed by atoms with Gasteiger partial charge in [0.05, 0.1) is 11.8 Å². The van der Waals surface area contributed by atoms with Crippen molar-refractivity contribution < 1.29 is 19.1 Å².